The summed E-state index contributed by atoms with van der Waals surface area (Å²) < 4.78 is 0. The van der Waals surface area contributed by atoms with Gasteiger partial charge in [-0.2, -0.15) is 0 Å². The molecule has 3 N–H and O–H groups in total. The molecule has 1 aromatic heterocycles. The zero-order chi connectivity index (χ0) is 12.1. The summed E-state index contributed by atoms with van der Waals surface area (Å²) in [6.07, 6.45) is 1.69. The van der Waals surface area contributed by atoms with E-state index < -0.39 is 0 Å². The van der Waals surface area contributed by atoms with E-state index in [0.29, 0.717) is 23.9 Å². The molecule has 1 rings (SSSR count). The van der Waals surface area contributed by atoms with Gasteiger partial charge in [-0.15, -0.1) is 0 Å². The number of halogens is 1. The third kappa shape index (κ3) is 2.84. The average molecular weight is 244 g/mol. The van der Waals surface area contributed by atoms with E-state index in [4.69, 9.17) is 22.4 Å². The van der Waals surface area contributed by atoms with Crippen molar-refractivity contribution in [2.45, 2.75) is 26.4 Å². The predicted octanol–water partition coefficient (Wildman–Crippen LogP) is 1.40. The smallest absolute Gasteiger partial charge is 0.147 e. The Morgan fingerprint density at radius 2 is 2.25 bits per heavy atom. The lowest BCUT2D eigenvalue weighted by molar-refractivity contribution is 0.298. The third-order valence-corrected chi connectivity index (χ3v) is 2.82. The van der Waals surface area contributed by atoms with E-state index >= 15 is 0 Å². The summed E-state index contributed by atoms with van der Waals surface area (Å²) in [7, 11) is 0. The highest BCUT2D eigenvalue weighted by Crippen LogP contribution is 2.27. The molecule has 0 saturated carbocycles. The number of hydrogen-bond donors (Lipinski definition) is 2. The van der Waals surface area contributed by atoms with Crippen LogP contribution in [0, 0.1) is 0 Å². The zero-order valence-corrected chi connectivity index (χ0v) is 10.4. The van der Waals surface area contributed by atoms with Gasteiger partial charge in [0.15, 0.2) is 0 Å². The molecule has 5 heteroatoms. The number of nitrogens with two attached hydrogens (primary N) is 1. The minimum Gasteiger partial charge on any atom is -0.395 e. The Bertz CT molecular complexity index is 344. The Kier molecular flexibility index (Phi) is 4.99. The Morgan fingerprint density at radius 3 is 2.75 bits per heavy atom. The van der Waals surface area contributed by atoms with E-state index in [-0.39, 0.29) is 12.6 Å². The summed E-state index contributed by atoms with van der Waals surface area (Å²) in [6, 6.07) is 2.04. The van der Waals surface area contributed by atoms with E-state index in [0.717, 1.165) is 5.56 Å². The molecule has 0 aliphatic carbocycles. The molecule has 0 fully saturated rings. The molecule has 0 aliphatic rings. The molecular weight excluding hydrogens is 226 g/mol. The van der Waals surface area contributed by atoms with Crippen molar-refractivity contribution in [1.29, 1.82) is 0 Å². The van der Waals surface area contributed by atoms with Gasteiger partial charge in [0.25, 0.3) is 0 Å². The van der Waals surface area contributed by atoms with Crippen LogP contribution < -0.4 is 10.6 Å². The summed E-state index contributed by atoms with van der Waals surface area (Å²) in [5.41, 5.74) is 6.46. The lowest BCUT2D eigenvalue weighted by atomic mass is 10.2. The molecule has 16 heavy (non-hydrogen) atoms. The van der Waals surface area contributed by atoms with Gasteiger partial charge in [0, 0.05) is 25.3 Å². The highest BCUT2D eigenvalue weighted by atomic mass is 35.5. The van der Waals surface area contributed by atoms with Gasteiger partial charge in [-0.3, -0.25) is 0 Å². The van der Waals surface area contributed by atoms with Crippen LogP contribution in [-0.4, -0.2) is 29.3 Å². The van der Waals surface area contributed by atoms with Crippen LogP contribution in [0.1, 0.15) is 19.4 Å². The first kappa shape index (κ1) is 13.2. The number of anilines is 1. The normalized spacial score (nSPS) is 10.9. The van der Waals surface area contributed by atoms with Crippen molar-refractivity contribution < 1.29 is 5.11 Å². The van der Waals surface area contributed by atoms with Crippen LogP contribution >= 0.6 is 11.6 Å². The Morgan fingerprint density at radius 1 is 1.56 bits per heavy atom. The number of aromatic nitrogens is 1. The first-order chi connectivity index (χ1) is 7.61. The molecule has 0 aliphatic heterocycles. The molecule has 0 saturated heterocycles. The maximum atomic E-state index is 9.03. The monoisotopic (exact) mass is 243 g/mol. The van der Waals surface area contributed by atoms with Crippen molar-refractivity contribution in [3.8, 4) is 0 Å². The van der Waals surface area contributed by atoms with Crippen molar-refractivity contribution in [2.24, 2.45) is 5.73 Å². The van der Waals surface area contributed by atoms with Gasteiger partial charge >= 0.3 is 0 Å². The van der Waals surface area contributed by atoms with Crippen molar-refractivity contribution >= 4 is 17.4 Å². The Hall–Kier alpha value is -0.840. The topological polar surface area (TPSA) is 62.4 Å². The molecule has 1 aromatic rings. The van der Waals surface area contributed by atoms with Crippen LogP contribution in [0.2, 0.25) is 5.02 Å². The van der Waals surface area contributed by atoms with Gasteiger partial charge in [0.1, 0.15) is 5.82 Å². The number of aliphatic hydroxyl groups excluding tert-OH is 1. The number of rotatable bonds is 5. The highest BCUT2D eigenvalue weighted by Gasteiger charge is 2.16. The highest BCUT2D eigenvalue weighted by molar-refractivity contribution is 6.33. The second-order valence-corrected chi connectivity index (χ2v) is 4.20. The van der Waals surface area contributed by atoms with Crippen LogP contribution in [-0.2, 0) is 6.54 Å². The number of pyridine rings is 1. The van der Waals surface area contributed by atoms with Gasteiger partial charge < -0.3 is 15.7 Å². The first-order valence-electron chi connectivity index (χ1n) is 5.32. The summed E-state index contributed by atoms with van der Waals surface area (Å²) in [5.74, 6) is 0.689. The van der Waals surface area contributed by atoms with Gasteiger partial charge in [-0.25, -0.2) is 4.98 Å². The molecule has 0 spiro atoms. The average Bonchev–Trinajstić information content (AvgIpc) is 2.26. The van der Waals surface area contributed by atoms with Crippen LogP contribution in [0.25, 0.3) is 0 Å². The lowest BCUT2D eigenvalue weighted by Crippen LogP contribution is -2.34. The quantitative estimate of drug-likeness (QED) is 0.821. The van der Waals surface area contributed by atoms with E-state index in [1.165, 1.54) is 0 Å². The van der Waals surface area contributed by atoms with Crippen LogP contribution in [0.5, 0.6) is 0 Å². The molecule has 0 amide bonds. The van der Waals surface area contributed by atoms with Crippen LogP contribution in [0.4, 0.5) is 5.82 Å². The van der Waals surface area contributed by atoms with Crippen LogP contribution in [0.3, 0.4) is 0 Å². The number of nitrogens with zero attached hydrogens (tertiary/aromatic N) is 2. The summed E-state index contributed by atoms with van der Waals surface area (Å²) in [5, 5.41) is 9.60. The maximum absolute atomic E-state index is 9.03. The number of aliphatic hydroxyl groups is 1. The van der Waals surface area contributed by atoms with Crippen molar-refractivity contribution in [1.82, 2.24) is 4.98 Å². The summed E-state index contributed by atoms with van der Waals surface area (Å²) in [6.45, 7) is 5.03. The zero-order valence-electron chi connectivity index (χ0n) is 9.65. The largest absolute Gasteiger partial charge is 0.395 e. The third-order valence-electron chi connectivity index (χ3n) is 2.41. The van der Waals surface area contributed by atoms with Gasteiger partial charge in [-0.1, -0.05) is 11.6 Å². The Balaban J connectivity index is 3.08. The molecular formula is C11H18ClN3O. The van der Waals surface area contributed by atoms with Crippen LogP contribution in [0.15, 0.2) is 12.3 Å². The van der Waals surface area contributed by atoms with Crippen molar-refractivity contribution in [2.75, 3.05) is 18.1 Å². The number of hydrogen-bond acceptors (Lipinski definition) is 4. The fourth-order valence-electron chi connectivity index (χ4n) is 1.55. The molecule has 0 bridgehead atoms. The van der Waals surface area contributed by atoms with Gasteiger partial charge in [0.05, 0.1) is 11.6 Å². The van der Waals surface area contributed by atoms with E-state index in [1.807, 2.05) is 24.8 Å². The molecule has 0 radical (unpaired) electrons. The van der Waals surface area contributed by atoms with E-state index in [1.54, 1.807) is 6.20 Å². The fraction of sp³-hybridized carbons (Fsp3) is 0.545. The minimum absolute atomic E-state index is 0.0725. The molecule has 0 unspecified atom stereocenters. The summed E-state index contributed by atoms with van der Waals surface area (Å²) in [4.78, 5) is 6.21. The first-order valence-corrected chi connectivity index (χ1v) is 5.70. The predicted molar refractivity (Wildman–Crippen MR) is 66.7 cm³/mol. The molecule has 0 aromatic carbocycles. The molecule has 4 nitrogen and oxygen atoms in total. The fourth-order valence-corrected chi connectivity index (χ4v) is 1.84. The van der Waals surface area contributed by atoms with Crippen molar-refractivity contribution in [3.63, 3.8) is 0 Å². The Labute approximate surface area is 101 Å². The maximum Gasteiger partial charge on any atom is 0.147 e. The second kappa shape index (κ2) is 6.03. The van der Waals surface area contributed by atoms with Gasteiger partial charge in [0.2, 0.25) is 0 Å². The second-order valence-electron chi connectivity index (χ2n) is 3.82. The SMILES string of the molecule is CC(C)N(CCO)c1nccc(CN)c1Cl. The lowest BCUT2D eigenvalue weighted by Gasteiger charge is -2.28. The minimum atomic E-state index is 0.0725. The standard InChI is InChI=1S/C11H18ClN3O/c1-8(2)15(5-6-16)11-10(12)9(7-13)3-4-14-11/h3-4,8,16H,5-7,13H2,1-2H3. The summed E-state index contributed by atoms with van der Waals surface area (Å²) >= 11 is 6.22. The molecule has 0 atom stereocenters. The molecule has 90 valence electrons. The van der Waals surface area contributed by atoms with E-state index in [2.05, 4.69) is 4.98 Å². The molecule has 1 heterocycles. The van der Waals surface area contributed by atoms with E-state index in [9.17, 15) is 0 Å². The van der Waals surface area contributed by atoms with Crippen molar-refractivity contribution in [3.05, 3.63) is 22.8 Å². The van der Waals surface area contributed by atoms with Gasteiger partial charge in [-0.05, 0) is 25.5 Å².